The number of benzene rings is 1. The van der Waals surface area contributed by atoms with Gasteiger partial charge in [0.1, 0.15) is 0 Å². The van der Waals surface area contributed by atoms with E-state index in [1.807, 2.05) is 6.07 Å². The van der Waals surface area contributed by atoms with E-state index in [1.54, 1.807) is 0 Å². The largest absolute Gasteiger partial charge is 0.307 e. The fourth-order valence-electron chi connectivity index (χ4n) is 2.24. The van der Waals surface area contributed by atoms with Crippen LogP contribution in [0.1, 0.15) is 43.9 Å². The summed E-state index contributed by atoms with van der Waals surface area (Å²) in [6.45, 7) is 4.45. The van der Waals surface area contributed by atoms with Crippen LogP contribution in [0.3, 0.4) is 0 Å². The molecular weight excluding hydrogens is 206 g/mol. The van der Waals surface area contributed by atoms with Gasteiger partial charge >= 0.3 is 0 Å². The van der Waals surface area contributed by atoms with Gasteiger partial charge in [-0.1, -0.05) is 30.7 Å². The molecule has 1 aromatic carbocycles. The van der Waals surface area contributed by atoms with E-state index in [9.17, 15) is 0 Å². The van der Waals surface area contributed by atoms with Crippen LogP contribution in [0, 0.1) is 0 Å². The minimum Gasteiger partial charge on any atom is -0.307 e. The molecule has 2 heteroatoms. The average molecular weight is 224 g/mol. The van der Waals surface area contributed by atoms with Crippen LogP contribution < -0.4 is 5.32 Å². The molecule has 0 aliphatic heterocycles. The normalized spacial score (nSPS) is 21.4. The average Bonchev–Trinajstić information content (AvgIpc) is 2.63. The number of hydrogen-bond donors (Lipinski definition) is 1. The van der Waals surface area contributed by atoms with Gasteiger partial charge in [-0.05, 0) is 43.4 Å². The molecule has 15 heavy (non-hydrogen) atoms. The van der Waals surface area contributed by atoms with Gasteiger partial charge in [0.2, 0.25) is 0 Å². The summed E-state index contributed by atoms with van der Waals surface area (Å²) in [4.78, 5) is 0. The maximum absolute atomic E-state index is 6.18. The van der Waals surface area contributed by atoms with E-state index < -0.39 is 0 Å². The minimum absolute atomic E-state index is 0.508. The van der Waals surface area contributed by atoms with E-state index in [2.05, 4.69) is 31.3 Å². The maximum Gasteiger partial charge on any atom is 0.0441 e. The smallest absolute Gasteiger partial charge is 0.0441 e. The van der Waals surface area contributed by atoms with Crippen LogP contribution in [-0.2, 0) is 6.42 Å². The Morgan fingerprint density at radius 1 is 1.53 bits per heavy atom. The Labute approximate surface area is 96.8 Å². The topological polar surface area (TPSA) is 12.0 Å². The molecule has 0 amide bonds. The summed E-state index contributed by atoms with van der Waals surface area (Å²) in [7, 11) is 0. The van der Waals surface area contributed by atoms with Gasteiger partial charge in [0, 0.05) is 17.1 Å². The Kier molecular flexibility index (Phi) is 3.32. The van der Waals surface area contributed by atoms with Crippen molar-refractivity contribution in [2.75, 3.05) is 0 Å². The van der Waals surface area contributed by atoms with Gasteiger partial charge in [0.25, 0.3) is 0 Å². The molecule has 0 fully saturated rings. The van der Waals surface area contributed by atoms with Crippen molar-refractivity contribution < 1.29 is 0 Å². The fraction of sp³-hybridized carbons (Fsp3) is 0.538. The standard InChI is InChI=1S/C13H18ClN/c1-3-9(2)15-13-8-7-10-11(13)5-4-6-12(10)14/h4-6,9,13,15H,3,7-8H2,1-2H3. The van der Waals surface area contributed by atoms with Crippen molar-refractivity contribution in [3.63, 3.8) is 0 Å². The van der Waals surface area contributed by atoms with Crippen LogP contribution >= 0.6 is 11.6 Å². The minimum atomic E-state index is 0.508. The summed E-state index contributed by atoms with van der Waals surface area (Å²) in [5, 5.41) is 4.58. The van der Waals surface area contributed by atoms with E-state index >= 15 is 0 Å². The second-order valence-corrected chi connectivity index (χ2v) is 4.78. The van der Waals surface area contributed by atoms with Crippen molar-refractivity contribution in [1.82, 2.24) is 5.32 Å². The third-order valence-electron chi connectivity index (χ3n) is 3.31. The predicted octanol–water partition coefficient (Wildman–Crippen LogP) is 3.72. The van der Waals surface area contributed by atoms with Gasteiger partial charge in [-0.25, -0.2) is 0 Å². The van der Waals surface area contributed by atoms with Gasteiger partial charge in [-0.2, -0.15) is 0 Å². The van der Waals surface area contributed by atoms with Crippen LogP contribution in [-0.4, -0.2) is 6.04 Å². The summed E-state index contributed by atoms with van der Waals surface area (Å²) in [6, 6.07) is 7.34. The van der Waals surface area contributed by atoms with Crippen LogP contribution in [0.4, 0.5) is 0 Å². The molecule has 2 rings (SSSR count). The molecule has 0 radical (unpaired) electrons. The monoisotopic (exact) mass is 223 g/mol. The quantitative estimate of drug-likeness (QED) is 0.824. The number of halogens is 1. The highest BCUT2D eigenvalue weighted by Crippen LogP contribution is 2.35. The first kappa shape index (κ1) is 11.0. The molecule has 1 aliphatic carbocycles. The molecule has 0 heterocycles. The Hall–Kier alpha value is -0.530. The molecule has 0 bridgehead atoms. The zero-order valence-electron chi connectivity index (χ0n) is 9.39. The van der Waals surface area contributed by atoms with Gasteiger partial charge in [0.05, 0.1) is 0 Å². The highest BCUT2D eigenvalue weighted by Gasteiger charge is 2.24. The van der Waals surface area contributed by atoms with Crippen molar-refractivity contribution >= 4 is 11.6 Å². The molecular formula is C13H18ClN. The molecule has 1 aliphatic rings. The number of hydrogen-bond acceptors (Lipinski definition) is 1. The molecule has 0 aromatic heterocycles. The second-order valence-electron chi connectivity index (χ2n) is 4.37. The zero-order chi connectivity index (χ0) is 10.8. The van der Waals surface area contributed by atoms with E-state index in [0.29, 0.717) is 12.1 Å². The molecule has 2 atom stereocenters. The van der Waals surface area contributed by atoms with Crippen LogP contribution in [0.2, 0.25) is 5.02 Å². The lowest BCUT2D eigenvalue weighted by Gasteiger charge is -2.19. The SMILES string of the molecule is CCC(C)NC1CCc2c(Cl)cccc21. The molecule has 1 aromatic rings. The Bertz CT molecular complexity index is 348. The number of rotatable bonds is 3. The van der Waals surface area contributed by atoms with Gasteiger partial charge in [-0.3, -0.25) is 0 Å². The molecule has 82 valence electrons. The van der Waals surface area contributed by atoms with Crippen molar-refractivity contribution in [2.45, 2.75) is 45.2 Å². The van der Waals surface area contributed by atoms with Gasteiger partial charge in [0.15, 0.2) is 0 Å². The van der Waals surface area contributed by atoms with Crippen molar-refractivity contribution in [3.8, 4) is 0 Å². The molecule has 0 spiro atoms. The Morgan fingerprint density at radius 3 is 3.07 bits per heavy atom. The van der Waals surface area contributed by atoms with E-state index in [0.717, 1.165) is 11.4 Å². The highest BCUT2D eigenvalue weighted by molar-refractivity contribution is 6.31. The molecule has 1 nitrogen and oxygen atoms in total. The first-order chi connectivity index (χ1) is 7.22. The number of nitrogens with one attached hydrogen (secondary N) is 1. The summed E-state index contributed by atoms with van der Waals surface area (Å²) >= 11 is 6.18. The van der Waals surface area contributed by atoms with Crippen molar-refractivity contribution in [3.05, 3.63) is 34.3 Å². The van der Waals surface area contributed by atoms with E-state index in [1.165, 1.54) is 24.0 Å². The Balaban J connectivity index is 2.18. The van der Waals surface area contributed by atoms with Gasteiger partial charge < -0.3 is 5.32 Å². The lowest BCUT2D eigenvalue weighted by Crippen LogP contribution is -2.28. The number of fused-ring (bicyclic) bond motifs is 1. The predicted molar refractivity (Wildman–Crippen MR) is 65.4 cm³/mol. The lowest BCUT2D eigenvalue weighted by atomic mass is 10.1. The summed E-state index contributed by atoms with van der Waals surface area (Å²) < 4.78 is 0. The molecule has 0 saturated carbocycles. The van der Waals surface area contributed by atoms with Crippen LogP contribution in [0.15, 0.2) is 18.2 Å². The first-order valence-corrected chi connectivity index (χ1v) is 6.13. The van der Waals surface area contributed by atoms with Crippen LogP contribution in [0.5, 0.6) is 0 Å². The first-order valence-electron chi connectivity index (χ1n) is 5.75. The summed E-state index contributed by atoms with van der Waals surface area (Å²) in [5.74, 6) is 0. The van der Waals surface area contributed by atoms with E-state index in [-0.39, 0.29) is 0 Å². The van der Waals surface area contributed by atoms with E-state index in [4.69, 9.17) is 11.6 Å². The van der Waals surface area contributed by atoms with Crippen molar-refractivity contribution in [2.24, 2.45) is 0 Å². The zero-order valence-corrected chi connectivity index (χ0v) is 10.1. The third-order valence-corrected chi connectivity index (χ3v) is 3.67. The van der Waals surface area contributed by atoms with Crippen molar-refractivity contribution in [1.29, 1.82) is 0 Å². The second kappa shape index (κ2) is 4.54. The third kappa shape index (κ3) is 2.19. The van der Waals surface area contributed by atoms with Gasteiger partial charge in [-0.15, -0.1) is 0 Å². The molecule has 0 saturated heterocycles. The highest BCUT2D eigenvalue weighted by atomic mass is 35.5. The lowest BCUT2D eigenvalue weighted by molar-refractivity contribution is 0.445. The Morgan fingerprint density at radius 2 is 2.33 bits per heavy atom. The maximum atomic E-state index is 6.18. The summed E-state index contributed by atoms with van der Waals surface area (Å²) in [5.41, 5.74) is 2.75. The fourth-order valence-corrected chi connectivity index (χ4v) is 2.52. The van der Waals surface area contributed by atoms with Crippen LogP contribution in [0.25, 0.3) is 0 Å². The summed E-state index contributed by atoms with van der Waals surface area (Å²) in [6.07, 6.45) is 3.47. The molecule has 1 N–H and O–H groups in total. The molecule has 2 unspecified atom stereocenters.